The topological polar surface area (TPSA) is 51.7 Å². The predicted octanol–water partition coefficient (Wildman–Crippen LogP) is 3.57. The molecule has 0 fully saturated rings. The average Bonchev–Trinajstić information content (AvgIpc) is 2.92. The second kappa shape index (κ2) is 6.01. The number of hydrogen-bond acceptors (Lipinski definition) is 5. The van der Waals surface area contributed by atoms with Crippen molar-refractivity contribution < 1.29 is 14.3 Å². The van der Waals surface area contributed by atoms with Crippen molar-refractivity contribution in [1.82, 2.24) is 9.88 Å². The molecule has 4 rings (SSSR count). The lowest BCUT2D eigenvalue weighted by Gasteiger charge is -2.32. The maximum atomic E-state index is 12.8. The molecule has 2 aliphatic rings. The first kappa shape index (κ1) is 15.8. The Morgan fingerprint density at radius 2 is 2.00 bits per heavy atom. The van der Waals surface area contributed by atoms with Crippen LogP contribution in [0, 0.1) is 6.92 Å². The van der Waals surface area contributed by atoms with Crippen molar-refractivity contribution in [1.29, 1.82) is 0 Å². The van der Waals surface area contributed by atoms with Gasteiger partial charge >= 0.3 is 0 Å². The van der Waals surface area contributed by atoms with E-state index in [0.29, 0.717) is 29.8 Å². The molecule has 0 aliphatic carbocycles. The Labute approximate surface area is 146 Å². The Morgan fingerprint density at radius 1 is 1.24 bits per heavy atom. The number of carbonyl (C=O) groups is 1. The van der Waals surface area contributed by atoms with E-state index in [1.54, 1.807) is 18.5 Å². The predicted molar refractivity (Wildman–Crippen MR) is 94.5 cm³/mol. The molecule has 0 saturated heterocycles. The lowest BCUT2D eigenvalue weighted by atomic mass is 9.99. The Bertz CT molecular complexity index is 872. The molecule has 5 heteroatoms. The van der Waals surface area contributed by atoms with Gasteiger partial charge in [-0.2, -0.15) is 0 Å². The molecule has 3 heterocycles. The summed E-state index contributed by atoms with van der Waals surface area (Å²) >= 11 is 0. The zero-order valence-corrected chi connectivity index (χ0v) is 14.6. The fourth-order valence-corrected chi connectivity index (χ4v) is 3.21. The maximum absolute atomic E-state index is 12.8. The summed E-state index contributed by atoms with van der Waals surface area (Å²) in [4.78, 5) is 19.0. The van der Waals surface area contributed by atoms with Crippen LogP contribution in [-0.2, 0) is 6.54 Å². The van der Waals surface area contributed by atoms with Gasteiger partial charge in [-0.1, -0.05) is 0 Å². The van der Waals surface area contributed by atoms with Gasteiger partial charge in [0.15, 0.2) is 5.76 Å². The number of ketones is 1. The number of allylic oxidation sites excluding steroid dienone is 1. The number of ether oxygens (including phenoxy) is 2. The molecule has 5 nitrogen and oxygen atoms in total. The average molecular weight is 336 g/mol. The Hall–Kier alpha value is -2.66. The zero-order chi connectivity index (χ0) is 17.6. The highest BCUT2D eigenvalue weighted by molar-refractivity contribution is 6.15. The van der Waals surface area contributed by atoms with Crippen LogP contribution in [0.5, 0.6) is 11.5 Å². The molecule has 2 aliphatic heterocycles. The highest BCUT2D eigenvalue weighted by atomic mass is 16.5. The molecule has 128 valence electrons. The molecule has 1 aromatic heterocycles. The van der Waals surface area contributed by atoms with Gasteiger partial charge in [-0.25, -0.2) is 0 Å². The third-order valence-corrected chi connectivity index (χ3v) is 4.70. The standard InChI is InChI=1S/C20H20N2O3/c1-12(2)22-10-15-9-16-18(23)17(8-14-4-6-21-7-5-14)25-20(16)13(3)19(15)24-11-22/h4-9,12H,10-11H2,1-3H3/b17-8-. The molecular weight excluding hydrogens is 316 g/mol. The molecule has 2 aromatic rings. The minimum atomic E-state index is -0.0839. The van der Waals surface area contributed by atoms with Gasteiger partial charge < -0.3 is 9.47 Å². The molecule has 0 amide bonds. The van der Waals surface area contributed by atoms with Gasteiger partial charge in [0.05, 0.1) is 5.56 Å². The van der Waals surface area contributed by atoms with Crippen LogP contribution in [0.15, 0.2) is 36.4 Å². The SMILES string of the molecule is Cc1c2c(cc3c1O/C(=C\c1ccncc1)C3=O)CN(C(C)C)CO2. The van der Waals surface area contributed by atoms with E-state index in [2.05, 4.69) is 23.7 Å². The summed E-state index contributed by atoms with van der Waals surface area (Å²) in [5, 5.41) is 0. The minimum absolute atomic E-state index is 0.0839. The van der Waals surface area contributed by atoms with Crippen LogP contribution in [0.1, 0.15) is 40.9 Å². The van der Waals surface area contributed by atoms with E-state index in [1.807, 2.05) is 25.1 Å². The molecular formula is C20H20N2O3. The van der Waals surface area contributed by atoms with Gasteiger partial charge in [0.1, 0.15) is 18.2 Å². The second-order valence-electron chi connectivity index (χ2n) is 6.70. The molecule has 0 N–H and O–H groups in total. The van der Waals surface area contributed by atoms with Crippen LogP contribution in [-0.4, -0.2) is 28.4 Å². The van der Waals surface area contributed by atoms with Crippen LogP contribution in [0.2, 0.25) is 0 Å². The number of benzene rings is 1. The molecule has 0 unspecified atom stereocenters. The van der Waals surface area contributed by atoms with E-state index < -0.39 is 0 Å². The fourth-order valence-electron chi connectivity index (χ4n) is 3.21. The van der Waals surface area contributed by atoms with Crippen molar-refractivity contribution in [3.05, 3.63) is 58.6 Å². The number of fused-ring (bicyclic) bond motifs is 2. The molecule has 0 radical (unpaired) electrons. The number of Topliss-reactive ketones (excluding diaryl/α,β-unsaturated/α-hetero) is 1. The van der Waals surface area contributed by atoms with E-state index in [4.69, 9.17) is 9.47 Å². The number of nitrogens with zero attached hydrogens (tertiary/aromatic N) is 2. The summed E-state index contributed by atoms with van der Waals surface area (Å²) in [5.74, 6) is 1.71. The van der Waals surface area contributed by atoms with E-state index >= 15 is 0 Å². The number of carbonyl (C=O) groups excluding carboxylic acids is 1. The first-order chi connectivity index (χ1) is 12.0. The lowest BCUT2D eigenvalue weighted by Crippen LogP contribution is -2.37. The fraction of sp³-hybridized carbons (Fsp3) is 0.300. The van der Waals surface area contributed by atoms with Crippen LogP contribution in [0.25, 0.3) is 6.08 Å². The van der Waals surface area contributed by atoms with Crippen molar-refractivity contribution in [3.8, 4) is 11.5 Å². The third kappa shape index (κ3) is 2.70. The van der Waals surface area contributed by atoms with Crippen molar-refractivity contribution in [2.75, 3.05) is 6.73 Å². The van der Waals surface area contributed by atoms with Crippen LogP contribution < -0.4 is 9.47 Å². The summed E-state index contributed by atoms with van der Waals surface area (Å²) in [5.41, 5.74) is 3.43. The second-order valence-corrected chi connectivity index (χ2v) is 6.70. The van der Waals surface area contributed by atoms with Gasteiger partial charge in [0, 0.05) is 36.1 Å². The minimum Gasteiger partial charge on any atom is -0.477 e. The molecule has 0 bridgehead atoms. The molecule has 0 spiro atoms. The summed E-state index contributed by atoms with van der Waals surface area (Å²) in [6.45, 7) is 7.55. The smallest absolute Gasteiger partial charge is 0.231 e. The first-order valence-electron chi connectivity index (χ1n) is 8.42. The van der Waals surface area contributed by atoms with Gasteiger partial charge in [0.2, 0.25) is 5.78 Å². The van der Waals surface area contributed by atoms with Crippen molar-refractivity contribution >= 4 is 11.9 Å². The summed E-state index contributed by atoms with van der Waals surface area (Å²) in [6, 6.07) is 5.99. The summed E-state index contributed by atoms with van der Waals surface area (Å²) in [6.07, 6.45) is 5.14. The Kier molecular flexibility index (Phi) is 3.81. The number of hydrogen-bond donors (Lipinski definition) is 0. The van der Waals surface area contributed by atoms with Crippen LogP contribution >= 0.6 is 0 Å². The van der Waals surface area contributed by atoms with Gasteiger partial charge in [-0.3, -0.25) is 14.7 Å². The summed E-state index contributed by atoms with van der Waals surface area (Å²) in [7, 11) is 0. The maximum Gasteiger partial charge on any atom is 0.231 e. The highest BCUT2D eigenvalue weighted by Crippen LogP contribution is 2.43. The van der Waals surface area contributed by atoms with E-state index in [-0.39, 0.29) is 5.78 Å². The Morgan fingerprint density at radius 3 is 2.72 bits per heavy atom. The monoisotopic (exact) mass is 336 g/mol. The van der Waals surface area contributed by atoms with E-state index in [1.165, 1.54) is 0 Å². The largest absolute Gasteiger partial charge is 0.477 e. The normalized spacial score (nSPS) is 18.1. The number of aromatic nitrogens is 1. The lowest BCUT2D eigenvalue weighted by molar-refractivity contribution is 0.0678. The first-order valence-corrected chi connectivity index (χ1v) is 8.42. The summed E-state index contributed by atoms with van der Waals surface area (Å²) < 4.78 is 11.8. The van der Waals surface area contributed by atoms with Crippen LogP contribution in [0.3, 0.4) is 0 Å². The highest BCUT2D eigenvalue weighted by Gasteiger charge is 2.33. The number of pyridine rings is 1. The van der Waals surface area contributed by atoms with Gasteiger partial charge in [0.25, 0.3) is 0 Å². The van der Waals surface area contributed by atoms with Gasteiger partial charge in [-0.15, -0.1) is 0 Å². The molecule has 25 heavy (non-hydrogen) atoms. The van der Waals surface area contributed by atoms with Crippen molar-refractivity contribution in [3.63, 3.8) is 0 Å². The van der Waals surface area contributed by atoms with Crippen molar-refractivity contribution in [2.45, 2.75) is 33.4 Å². The van der Waals surface area contributed by atoms with E-state index in [9.17, 15) is 4.79 Å². The molecule has 1 aromatic carbocycles. The van der Waals surface area contributed by atoms with E-state index in [0.717, 1.165) is 29.0 Å². The number of rotatable bonds is 2. The zero-order valence-electron chi connectivity index (χ0n) is 14.6. The van der Waals surface area contributed by atoms with Crippen molar-refractivity contribution in [2.24, 2.45) is 0 Å². The third-order valence-electron chi connectivity index (χ3n) is 4.70. The quantitative estimate of drug-likeness (QED) is 0.785. The Balaban J connectivity index is 1.73. The molecule has 0 saturated carbocycles. The van der Waals surface area contributed by atoms with Gasteiger partial charge in [-0.05, 0) is 50.6 Å². The van der Waals surface area contributed by atoms with Crippen LogP contribution in [0.4, 0.5) is 0 Å². The molecule has 0 atom stereocenters.